The third-order valence-electron chi connectivity index (χ3n) is 3.65. The third kappa shape index (κ3) is 4.15. The number of nitrogens with zero attached hydrogens (tertiary/aromatic N) is 3. The molecule has 0 bridgehead atoms. The second-order valence-corrected chi connectivity index (χ2v) is 4.80. The summed E-state index contributed by atoms with van der Waals surface area (Å²) >= 11 is 0. The van der Waals surface area contributed by atoms with Gasteiger partial charge in [0.15, 0.2) is 0 Å². The molecule has 0 saturated heterocycles. The molecule has 0 aliphatic heterocycles. The van der Waals surface area contributed by atoms with E-state index in [1.54, 1.807) is 0 Å². The molecule has 0 aromatic heterocycles. The lowest BCUT2D eigenvalue weighted by Crippen LogP contribution is -2.21. The molecule has 0 aliphatic carbocycles. The molecule has 0 radical (unpaired) electrons. The van der Waals surface area contributed by atoms with Crippen LogP contribution in [0.5, 0.6) is 0 Å². The topological polar surface area (TPSA) is 90.7 Å². The minimum Gasteiger partial charge on any atom is -0.265 e. The fraction of sp³-hybridized carbons (Fsp3) is 0.375. The summed E-state index contributed by atoms with van der Waals surface area (Å²) in [4.78, 5) is 10.6. The van der Waals surface area contributed by atoms with Crippen LogP contribution < -0.4 is 0 Å². The van der Waals surface area contributed by atoms with Gasteiger partial charge in [0, 0.05) is 4.92 Å². The molecule has 108 valence electrons. The highest BCUT2D eigenvalue weighted by atomic mass is 16.6. The van der Waals surface area contributed by atoms with E-state index in [-0.39, 0.29) is 28.9 Å². The van der Waals surface area contributed by atoms with Crippen molar-refractivity contribution < 1.29 is 4.92 Å². The molecule has 2 atom stereocenters. The lowest BCUT2D eigenvalue weighted by Gasteiger charge is -2.23. The molecule has 0 unspecified atom stereocenters. The fourth-order valence-corrected chi connectivity index (χ4v) is 2.55. The van der Waals surface area contributed by atoms with Gasteiger partial charge in [-0.2, -0.15) is 10.5 Å². The number of rotatable bonds is 6. The molecule has 0 spiro atoms. The van der Waals surface area contributed by atoms with Crippen LogP contribution in [0.25, 0.3) is 0 Å². The zero-order valence-electron chi connectivity index (χ0n) is 12.1. The van der Waals surface area contributed by atoms with E-state index in [1.807, 2.05) is 56.3 Å². The Morgan fingerprint density at radius 2 is 1.86 bits per heavy atom. The average molecular weight is 283 g/mol. The number of allylic oxidation sites excluding steroid dienone is 2. The fourth-order valence-electron chi connectivity index (χ4n) is 2.55. The van der Waals surface area contributed by atoms with Gasteiger partial charge in [0.25, 0.3) is 0 Å². The SMILES string of the molecule is CCC(=C(C#N)C#N)[C@H](C)[C@H](C[N+](=O)[O-])c1ccccc1. The van der Waals surface area contributed by atoms with E-state index < -0.39 is 0 Å². The van der Waals surface area contributed by atoms with Crippen LogP contribution in [0, 0.1) is 38.7 Å². The zero-order chi connectivity index (χ0) is 15.8. The van der Waals surface area contributed by atoms with Crippen LogP contribution in [-0.4, -0.2) is 11.5 Å². The summed E-state index contributed by atoms with van der Waals surface area (Å²) < 4.78 is 0. The van der Waals surface area contributed by atoms with Crippen molar-refractivity contribution in [3.8, 4) is 12.1 Å². The van der Waals surface area contributed by atoms with E-state index in [2.05, 4.69) is 0 Å². The van der Waals surface area contributed by atoms with Crippen molar-refractivity contribution >= 4 is 0 Å². The van der Waals surface area contributed by atoms with Gasteiger partial charge < -0.3 is 0 Å². The number of nitro groups is 1. The average Bonchev–Trinajstić information content (AvgIpc) is 2.50. The molecule has 0 N–H and O–H groups in total. The summed E-state index contributed by atoms with van der Waals surface area (Å²) in [5.74, 6) is -0.593. The lowest BCUT2D eigenvalue weighted by molar-refractivity contribution is -0.484. The number of hydrogen-bond acceptors (Lipinski definition) is 4. The molecule has 5 heteroatoms. The van der Waals surface area contributed by atoms with Gasteiger partial charge in [-0.25, -0.2) is 0 Å². The van der Waals surface area contributed by atoms with Crippen LogP contribution >= 0.6 is 0 Å². The van der Waals surface area contributed by atoms with Gasteiger partial charge in [-0.15, -0.1) is 0 Å². The van der Waals surface area contributed by atoms with Gasteiger partial charge in [-0.05, 0) is 23.5 Å². The van der Waals surface area contributed by atoms with Crippen molar-refractivity contribution in [3.63, 3.8) is 0 Å². The molecule has 21 heavy (non-hydrogen) atoms. The smallest absolute Gasteiger partial charge is 0.211 e. The first-order chi connectivity index (χ1) is 10.0. The summed E-state index contributed by atoms with van der Waals surface area (Å²) in [7, 11) is 0. The largest absolute Gasteiger partial charge is 0.265 e. The van der Waals surface area contributed by atoms with Gasteiger partial charge in [-0.3, -0.25) is 10.1 Å². The maximum absolute atomic E-state index is 11.0. The number of nitriles is 2. The first-order valence-corrected chi connectivity index (χ1v) is 6.75. The van der Waals surface area contributed by atoms with E-state index in [0.29, 0.717) is 12.0 Å². The Bertz CT molecular complexity index is 593. The second kappa shape index (κ2) is 7.81. The molecular formula is C16H17N3O2. The number of hydrogen-bond donors (Lipinski definition) is 0. The van der Waals surface area contributed by atoms with E-state index in [4.69, 9.17) is 10.5 Å². The van der Waals surface area contributed by atoms with E-state index in [1.165, 1.54) is 0 Å². The second-order valence-electron chi connectivity index (χ2n) is 4.80. The van der Waals surface area contributed by atoms with Crippen molar-refractivity contribution in [3.05, 3.63) is 57.2 Å². The van der Waals surface area contributed by atoms with Crippen LogP contribution in [0.15, 0.2) is 41.5 Å². The molecule has 0 amide bonds. The Labute approximate surface area is 124 Å². The van der Waals surface area contributed by atoms with E-state index >= 15 is 0 Å². The summed E-state index contributed by atoms with van der Waals surface area (Å²) in [5.41, 5.74) is 1.59. The normalized spacial score (nSPS) is 12.6. The third-order valence-corrected chi connectivity index (χ3v) is 3.65. The molecule has 0 fully saturated rings. The van der Waals surface area contributed by atoms with Crippen molar-refractivity contribution in [2.75, 3.05) is 6.54 Å². The van der Waals surface area contributed by atoms with Crippen molar-refractivity contribution in [1.29, 1.82) is 10.5 Å². The van der Waals surface area contributed by atoms with Gasteiger partial charge >= 0.3 is 0 Å². The predicted molar refractivity (Wildman–Crippen MR) is 78.8 cm³/mol. The van der Waals surface area contributed by atoms with Gasteiger partial charge in [0.1, 0.15) is 17.7 Å². The summed E-state index contributed by atoms with van der Waals surface area (Å²) in [6, 6.07) is 13.0. The van der Waals surface area contributed by atoms with Crippen molar-refractivity contribution in [1.82, 2.24) is 0 Å². The highest BCUT2D eigenvalue weighted by Gasteiger charge is 2.28. The monoisotopic (exact) mass is 283 g/mol. The highest BCUT2D eigenvalue weighted by Crippen LogP contribution is 2.33. The predicted octanol–water partition coefficient (Wildman–Crippen LogP) is 3.44. The summed E-state index contributed by atoms with van der Waals surface area (Å²) in [5, 5.41) is 29.1. The Balaban J connectivity index is 3.27. The minimum atomic E-state index is -0.354. The molecule has 0 heterocycles. The summed E-state index contributed by atoms with van der Waals surface area (Å²) in [6.45, 7) is 3.47. The van der Waals surface area contributed by atoms with Crippen molar-refractivity contribution in [2.45, 2.75) is 26.2 Å². The van der Waals surface area contributed by atoms with Crippen molar-refractivity contribution in [2.24, 2.45) is 5.92 Å². The maximum Gasteiger partial charge on any atom is 0.211 e. The Hall–Kier alpha value is -2.66. The molecular weight excluding hydrogens is 266 g/mol. The van der Waals surface area contributed by atoms with Gasteiger partial charge in [-0.1, -0.05) is 44.2 Å². The molecule has 1 aromatic carbocycles. The lowest BCUT2D eigenvalue weighted by atomic mass is 9.80. The molecule has 0 saturated carbocycles. The number of benzene rings is 1. The Kier molecular flexibility index (Phi) is 6.10. The maximum atomic E-state index is 11.0. The summed E-state index contributed by atoms with van der Waals surface area (Å²) in [6.07, 6.45) is 0.526. The van der Waals surface area contributed by atoms with Gasteiger partial charge in [0.2, 0.25) is 6.54 Å². The highest BCUT2D eigenvalue weighted by molar-refractivity contribution is 5.42. The first kappa shape index (κ1) is 16.4. The standard InChI is InChI=1S/C16H17N3O2/c1-3-15(14(9-17)10-18)12(2)16(11-19(20)21)13-7-5-4-6-8-13/h4-8,12,16H,3,11H2,1-2H3/t12-,16-/m0/s1. The van der Waals surface area contributed by atoms with Crippen LogP contribution in [-0.2, 0) is 0 Å². The zero-order valence-corrected chi connectivity index (χ0v) is 12.1. The van der Waals surface area contributed by atoms with Crippen LogP contribution in [0.4, 0.5) is 0 Å². The minimum absolute atomic E-state index is 0.0641. The van der Waals surface area contributed by atoms with Crippen LogP contribution in [0.2, 0.25) is 0 Å². The van der Waals surface area contributed by atoms with Crippen LogP contribution in [0.3, 0.4) is 0 Å². The Morgan fingerprint density at radius 3 is 2.29 bits per heavy atom. The van der Waals surface area contributed by atoms with Crippen LogP contribution in [0.1, 0.15) is 31.7 Å². The first-order valence-electron chi connectivity index (χ1n) is 6.75. The van der Waals surface area contributed by atoms with E-state index in [9.17, 15) is 10.1 Å². The van der Waals surface area contributed by atoms with E-state index in [0.717, 1.165) is 5.56 Å². The van der Waals surface area contributed by atoms with Gasteiger partial charge in [0.05, 0.1) is 5.92 Å². The molecule has 0 aliphatic rings. The molecule has 1 rings (SSSR count). The molecule has 1 aromatic rings. The quantitative estimate of drug-likeness (QED) is 0.454. The molecule has 5 nitrogen and oxygen atoms in total. The Morgan fingerprint density at radius 1 is 1.29 bits per heavy atom.